The molecule has 0 aromatic heterocycles. The van der Waals surface area contributed by atoms with Crippen LogP contribution in [0.25, 0.3) is 0 Å². The Kier molecular flexibility index (Phi) is 6.37. The van der Waals surface area contributed by atoms with Gasteiger partial charge < -0.3 is 10.2 Å². The Morgan fingerprint density at radius 2 is 2.14 bits per heavy atom. The largest absolute Gasteiger partial charge is 0.340 e. The first-order chi connectivity index (χ1) is 10.6. The first-order valence-corrected chi connectivity index (χ1v) is 8.31. The van der Waals surface area contributed by atoms with Gasteiger partial charge >= 0.3 is 0 Å². The molecule has 1 aromatic rings. The minimum Gasteiger partial charge on any atom is -0.340 e. The maximum absolute atomic E-state index is 13.5. The number of nitrogens with zero attached hydrogens (tertiary/aromatic N) is 1. The van der Waals surface area contributed by atoms with Gasteiger partial charge in [0.05, 0.1) is 0 Å². The van der Waals surface area contributed by atoms with Gasteiger partial charge in [-0.25, -0.2) is 4.39 Å². The van der Waals surface area contributed by atoms with Gasteiger partial charge in [-0.2, -0.15) is 0 Å². The number of amides is 1. The van der Waals surface area contributed by atoms with E-state index < -0.39 is 0 Å². The molecule has 122 valence electrons. The Hall–Kier alpha value is -1.42. The fraction of sp³-hybridized carbons (Fsp3) is 0.611. The van der Waals surface area contributed by atoms with Crippen LogP contribution in [0.4, 0.5) is 4.39 Å². The fourth-order valence-corrected chi connectivity index (χ4v) is 2.93. The van der Waals surface area contributed by atoms with Crippen LogP contribution in [0.5, 0.6) is 0 Å². The quantitative estimate of drug-likeness (QED) is 0.747. The second-order valence-corrected chi connectivity index (χ2v) is 6.52. The number of benzene rings is 1. The predicted molar refractivity (Wildman–Crippen MR) is 86.9 cm³/mol. The van der Waals surface area contributed by atoms with Crippen molar-refractivity contribution in [3.63, 3.8) is 0 Å². The minimum absolute atomic E-state index is 0.162. The second kappa shape index (κ2) is 8.28. The van der Waals surface area contributed by atoms with Crippen molar-refractivity contribution in [3.8, 4) is 0 Å². The van der Waals surface area contributed by atoms with Crippen LogP contribution < -0.4 is 5.32 Å². The van der Waals surface area contributed by atoms with Crippen LogP contribution in [0.3, 0.4) is 0 Å². The van der Waals surface area contributed by atoms with Crippen LogP contribution in [-0.2, 0) is 11.3 Å². The number of halogens is 1. The van der Waals surface area contributed by atoms with Crippen LogP contribution in [0.15, 0.2) is 24.3 Å². The highest BCUT2D eigenvalue weighted by molar-refractivity contribution is 5.78. The molecular formula is C18H27FN2O. The molecular weight excluding hydrogens is 279 g/mol. The van der Waals surface area contributed by atoms with E-state index in [0.717, 1.165) is 32.4 Å². The van der Waals surface area contributed by atoms with E-state index in [1.54, 1.807) is 12.1 Å². The van der Waals surface area contributed by atoms with Crippen molar-refractivity contribution in [2.45, 2.75) is 52.1 Å². The van der Waals surface area contributed by atoms with Crippen molar-refractivity contribution in [1.82, 2.24) is 10.2 Å². The molecule has 2 rings (SSSR count). The highest BCUT2D eigenvalue weighted by atomic mass is 19.1. The normalized spacial score (nSPS) is 18.5. The second-order valence-electron chi connectivity index (χ2n) is 6.52. The molecule has 1 saturated heterocycles. The molecule has 1 aliphatic heterocycles. The first kappa shape index (κ1) is 16.9. The highest BCUT2D eigenvalue weighted by Gasteiger charge is 2.29. The van der Waals surface area contributed by atoms with Crippen LogP contribution in [-0.4, -0.2) is 29.9 Å². The van der Waals surface area contributed by atoms with Crippen molar-refractivity contribution < 1.29 is 9.18 Å². The monoisotopic (exact) mass is 306 g/mol. The van der Waals surface area contributed by atoms with Crippen molar-refractivity contribution in [3.05, 3.63) is 35.6 Å². The van der Waals surface area contributed by atoms with Crippen LogP contribution in [0, 0.1) is 11.7 Å². The summed E-state index contributed by atoms with van der Waals surface area (Å²) in [6.07, 6.45) is 3.64. The Balaban J connectivity index is 1.73. The summed E-state index contributed by atoms with van der Waals surface area (Å²) in [4.78, 5) is 14.0. The van der Waals surface area contributed by atoms with E-state index in [1.165, 1.54) is 6.07 Å². The van der Waals surface area contributed by atoms with Crippen molar-refractivity contribution in [2.75, 3.05) is 13.1 Å². The molecule has 0 aliphatic carbocycles. The van der Waals surface area contributed by atoms with Gasteiger partial charge in [0.2, 0.25) is 5.91 Å². The highest BCUT2D eigenvalue weighted by Crippen LogP contribution is 2.22. The zero-order valence-corrected chi connectivity index (χ0v) is 13.6. The average molecular weight is 306 g/mol. The summed E-state index contributed by atoms with van der Waals surface area (Å²) in [5, 5.41) is 3.29. The predicted octanol–water partition coefficient (Wildman–Crippen LogP) is 3.34. The van der Waals surface area contributed by atoms with E-state index in [1.807, 2.05) is 11.0 Å². The summed E-state index contributed by atoms with van der Waals surface area (Å²) in [7, 11) is 0. The molecule has 1 fully saturated rings. The molecule has 1 amide bonds. The minimum atomic E-state index is -0.162. The molecule has 0 saturated carbocycles. The number of rotatable bonds is 8. The first-order valence-electron chi connectivity index (χ1n) is 8.31. The Bertz CT molecular complexity index is 490. The number of nitrogens with one attached hydrogen (secondary N) is 1. The summed E-state index contributed by atoms with van der Waals surface area (Å²) in [6, 6.07) is 7.19. The molecule has 3 nitrogen and oxygen atoms in total. The SMILES string of the molecule is CC(C)CCN1C(=O)CC[C@@H]1CCNCc1ccccc1F. The molecule has 1 atom stereocenters. The Labute approximate surface area is 132 Å². The maximum atomic E-state index is 13.5. The van der Waals surface area contributed by atoms with E-state index in [-0.39, 0.29) is 5.82 Å². The maximum Gasteiger partial charge on any atom is 0.222 e. The molecule has 1 heterocycles. The molecule has 22 heavy (non-hydrogen) atoms. The third-order valence-electron chi connectivity index (χ3n) is 4.33. The van der Waals surface area contributed by atoms with E-state index in [4.69, 9.17) is 0 Å². The van der Waals surface area contributed by atoms with Gasteiger partial charge in [-0.05, 0) is 37.8 Å². The van der Waals surface area contributed by atoms with Crippen LogP contribution >= 0.6 is 0 Å². The van der Waals surface area contributed by atoms with E-state index in [2.05, 4.69) is 19.2 Å². The number of hydrogen-bond donors (Lipinski definition) is 1. The van der Waals surface area contributed by atoms with Crippen LogP contribution in [0.1, 0.15) is 45.1 Å². The van der Waals surface area contributed by atoms with Gasteiger partial charge in [0.15, 0.2) is 0 Å². The lowest BCUT2D eigenvalue weighted by Gasteiger charge is -2.25. The summed E-state index contributed by atoms with van der Waals surface area (Å²) in [5.41, 5.74) is 0.696. The summed E-state index contributed by atoms with van der Waals surface area (Å²) >= 11 is 0. The third kappa shape index (κ3) is 4.80. The van der Waals surface area contributed by atoms with Gasteiger partial charge in [-0.15, -0.1) is 0 Å². The van der Waals surface area contributed by atoms with Crippen molar-refractivity contribution in [2.24, 2.45) is 5.92 Å². The van der Waals surface area contributed by atoms with Crippen molar-refractivity contribution in [1.29, 1.82) is 0 Å². The number of carbonyl (C=O) groups is 1. The Morgan fingerprint density at radius 3 is 2.86 bits per heavy atom. The zero-order chi connectivity index (χ0) is 15.9. The number of carbonyl (C=O) groups excluding carboxylic acids is 1. The third-order valence-corrected chi connectivity index (χ3v) is 4.33. The lowest BCUT2D eigenvalue weighted by molar-refractivity contribution is -0.129. The van der Waals surface area contributed by atoms with E-state index in [9.17, 15) is 9.18 Å². The number of hydrogen-bond acceptors (Lipinski definition) is 2. The van der Waals surface area contributed by atoms with Crippen LogP contribution in [0.2, 0.25) is 0 Å². The molecule has 0 radical (unpaired) electrons. The van der Waals surface area contributed by atoms with Gasteiger partial charge in [-0.1, -0.05) is 32.0 Å². The van der Waals surface area contributed by atoms with E-state index in [0.29, 0.717) is 36.4 Å². The summed E-state index contributed by atoms with van der Waals surface area (Å²) < 4.78 is 13.5. The smallest absolute Gasteiger partial charge is 0.222 e. The molecule has 4 heteroatoms. The molecule has 0 spiro atoms. The topological polar surface area (TPSA) is 32.3 Å². The zero-order valence-electron chi connectivity index (χ0n) is 13.6. The molecule has 0 unspecified atom stereocenters. The van der Waals surface area contributed by atoms with Gasteiger partial charge in [0, 0.05) is 31.1 Å². The number of likely N-dealkylation sites (tertiary alicyclic amines) is 1. The van der Waals surface area contributed by atoms with Gasteiger partial charge in [0.25, 0.3) is 0 Å². The average Bonchev–Trinajstić information content (AvgIpc) is 2.83. The Morgan fingerprint density at radius 1 is 1.36 bits per heavy atom. The fourth-order valence-electron chi connectivity index (χ4n) is 2.93. The molecule has 1 aliphatic rings. The lowest BCUT2D eigenvalue weighted by atomic mass is 10.1. The standard InChI is InChI=1S/C18H27FN2O/c1-14(2)10-12-21-16(7-8-18(21)22)9-11-20-13-15-5-3-4-6-17(15)19/h3-6,14,16,20H,7-13H2,1-2H3/t16-/m1/s1. The van der Waals surface area contributed by atoms with Crippen molar-refractivity contribution >= 4 is 5.91 Å². The van der Waals surface area contributed by atoms with Gasteiger partial charge in [0.1, 0.15) is 5.82 Å². The molecule has 1 aromatic carbocycles. The summed E-state index contributed by atoms with van der Waals surface area (Å²) in [6.45, 7) is 6.59. The van der Waals surface area contributed by atoms with E-state index >= 15 is 0 Å². The summed E-state index contributed by atoms with van der Waals surface area (Å²) in [5.74, 6) is 0.748. The molecule has 1 N–H and O–H groups in total. The van der Waals surface area contributed by atoms with Gasteiger partial charge in [-0.3, -0.25) is 4.79 Å². The lowest BCUT2D eigenvalue weighted by Crippen LogP contribution is -2.36. The molecule has 0 bridgehead atoms.